The van der Waals surface area contributed by atoms with E-state index in [-0.39, 0.29) is 17.7 Å². The summed E-state index contributed by atoms with van der Waals surface area (Å²) in [6, 6.07) is 9.70. The molecular weight excluding hydrogens is 282 g/mol. The number of hydrogen-bond donors (Lipinski definition) is 1. The third-order valence-corrected chi connectivity index (χ3v) is 4.26. The number of rotatable bonds is 3. The summed E-state index contributed by atoms with van der Waals surface area (Å²) in [5.74, 6) is -0.457. The molecule has 0 radical (unpaired) electrons. The molecule has 0 saturated carbocycles. The second-order valence-corrected chi connectivity index (χ2v) is 5.70. The number of piperidine rings is 1. The molecule has 2 aliphatic heterocycles. The lowest BCUT2D eigenvalue weighted by Gasteiger charge is -2.31. The SMILES string of the molecule is NC(=O)C1CCN(C(=O)[C@@H]2CC(c3ccccc3)=NO2)CC1. The number of nitrogens with two attached hydrogens (primary N) is 1. The molecule has 0 aromatic heterocycles. The van der Waals surface area contributed by atoms with Crippen LogP contribution in [0.1, 0.15) is 24.8 Å². The molecule has 22 heavy (non-hydrogen) atoms. The molecular formula is C16H19N3O3. The van der Waals surface area contributed by atoms with Gasteiger partial charge in [0.15, 0.2) is 0 Å². The second kappa shape index (κ2) is 6.17. The average Bonchev–Trinajstić information content (AvgIpc) is 3.05. The average molecular weight is 301 g/mol. The highest BCUT2D eigenvalue weighted by molar-refractivity contribution is 6.04. The first-order valence-corrected chi connectivity index (χ1v) is 7.51. The lowest BCUT2D eigenvalue weighted by Crippen LogP contribution is -2.45. The number of likely N-dealkylation sites (tertiary alicyclic amines) is 1. The van der Waals surface area contributed by atoms with E-state index in [1.165, 1.54) is 0 Å². The molecule has 1 fully saturated rings. The van der Waals surface area contributed by atoms with E-state index in [2.05, 4.69) is 5.16 Å². The Balaban J connectivity index is 1.56. The van der Waals surface area contributed by atoms with Gasteiger partial charge in [0.1, 0.15) is 0 Å². The third-order valence-electron chi connectivity index (χ3n) is 4.26. The number of oxime groups is 1. The molecule has 3 rings (SSSR count). The fourth-order valence-corrected chi connectivity index (χ4v) is 2.90. The number of primary amides is 1. The Bertz CT molecular complexity index is 592. The van der Waals surface area contributed by atoms with Crippen LogP contribution in [0.5, 0.6) is 0 Å². The molecule has 2 N–H and O–H groups in total. The van der Waals surface area contributed by atoms with Gasteiger partial charge >= 0.3 is 0 Å². The van der Waals surface area contributed by atoms with Crippen LogP contribution in [0.25, 0.3) is 0 Å². The van der Waals surface area contributed by atoms with Gasteiger partial charge in [0.2, 0.25) is 12.0 Å². The number of amides is 2. The number of carbonyl (C=O) groups excluding carboxylic acids is 2. The van der Waals surface area contributed by atoms with E-state index >= 15 is 0 Å². The molecule has 6 nitrogen and oxygen atoms in total. The van der Waals surface area contributed by atoms with Gasteiger partial charge in [-0.2, -0.15) is 0 Å². The second-order valence-electron chi connectivity index (χ2n) is 5.70. The number of hydrogen-bond acceptors (Lipinski definition) is 4. The van der Waals surface area contributed by atoms with Crippen molar-refractivity contribution in [3.05, 3.63) is 35.9 Å². The first kappa shape index (κ1) is 14.6. The molecule has 2 aliphatic rings. The van der Waals surface area contributed by atoms with Gasteiger partial charge < -0.3 is 15.5 Å². The van der Waals surface area contributed by atoms with Gasteiger partial charge in [-0.05, 0) is 18.4 Å². The Kier molecular flexibility index (Phi) is 4.09. The van der Waals surface area contributed by atoms with Crippen molar-refractivity contribution in [3.8, 4) is 0 Å². The summed E-state index contributed by atoms with van der Waals surface area (Å²) in [5.41, 5.74) is 7.08. The Labute approximate surface area is 128 Å². The topological polar surface area (TPSA) is 85.0 Å². The third kappa shape index (κ3) is 2.95. The predicted molar refractivity (Wildman–Crippen MR) is 81.0 cm³/mol. The fraction of sp³-hybridized carbons (Fsp3) is 0.438. The quantitative estimate of drug-likeness (QED) is 0.900. The molecule has 1 aromatic carbocycles. The van der Waals surface area contributed by atoms with Crippen molar-refractivity contribution in [2.24, 2.45) is 16.8 Å². The van der Waals surface area contributed by atoms with Gasteiger partial charge in [0.05, 0.1) is 5.71 Å². The molecule has 116 valence electrons. The summed E-state index contributed by atoms with van der Waals surface area (Å²) < 4.78 is 0. The number of nitrogens with zero attached hydrogens (tertiary/aromatic N) is 2. The van der Waals surface area contributed by atoms with Crippen LogP contribution in [0.2, 0.25) is 0 Å². The highest BCUT2D eigenvalue weighted by atomic mass is 16.6. The summed E-state index contributed by atoms with van der Waals surface area (Å²) in [6.45, 7) is 1.10. The van der Waals surface area contributed by atoms with Crippen LogP contribution in [0.15, 0.2) is 35.5 Å². The molecule has 0 aliphatic carbocycles. The van der Waals surface area contributed by atoms with Crippen molar-refractivity contribution < 1.29 is 14.4 Å². The number of carbonyl (C=O) groups is 2. The van der Waals surface area contributed by atoms with Crippen LogP contribution in [0, 0.1) is 5.92 Å². The summed E-state index contributed by atoms with van der Waals surface area (Å²) in [5, 5.41) is 4.04. The van der Waals surface area contributed by atoms with Crippen LogP contribution in [-0.4, -0.2) is 41.6 Å². The van der Waals surface area contributed by atoms with Crippen molar-refractivity contribution >= 4 is 17.5 Å². The van der Waals surface area contributed by atoms with E-state index < -0.39 is 6.10 Å². The maximum atomic E-state index is 12.5. The standard InChI is InChI=1S/C16H19N3O3/c17-15(20)12-6-8-19(9-7-12)16(21)14-10-13(18-22-14)11-4-2-1-3-5-11/h1-5,12,14H,6-10H2,(H2,17,20)/t14-/m0/s1. The Hall–Kier alpha value is -2.37. The monoisotopic (exact) mass is 301 g/mol. The molecule has 1 atom stereocenters. The van der Waals surface area contributed by atoms with Gasteiger partial charge in [-0.15, -0.1) is 0 Å². The van der Waals surface area contributed by atoms with Crippen LogP contribution < -0.4 is 5.73 Å². The molecule has 0 spiro atoms. The lowest BCUT2D eigenvalue weighted by molar-refractivity contribution is -0.144. The van der Waals surface area contributed by atoms with Gasteiger partial charge in [0, 0.05) is 25.4 Å². The van der Waals surface area contributed by atoms with E-state index in [1.807, 2.05) is 30.3 Å². The van der Waals surface area contributed by atoms with Gasteiger partial charge in [-0.3, -0.25) is 9.59 Å². The van der Waals surface area contributed by atoms with Crippen molar-refractivity contribution in [2.75, 3.05) is 13.1 Å². The van der Waals surface area contributed by atoms with E-state index in [0.29, 0.717) is 32.4 Å². The Morgan fingerprint density at radius 2 is 1.86 bits per heavy atom. The molecule has 1 aromatic rings. The maximum absolute atomic E-state index is 12.5. The molecule has 0 bridgehead atoms. The normalized spacial score (nSPS) is 22.1. The van der Waals surface area contributed by atoms with Crippen molar-refractivity contribution in [1.29, 1.82) is 0 Å². The molecule has 2 amide bonds. The molecule has 6 heteroatoms. The first-order valence-electron chi connectivity index (χ1n) is 7.51. The summed E-state index contributed by atoms with van der Waals surface area (Å²) in [6.07, 6.45) is 1.18. The fourth-order valence-electron chi connectivity index (χ4n) is 2.90. The molecule has 1 saturated heterocycles. The Morgan fingerprint density at radius 1 is 1.18 bits per heavy atom. The van der Waals surface area contributed by atoms with E-state index in [9.17, 15) is 9.59 Å². The highest BCUT2D eigenvalue weighted by Gasteiger charge is 2.34. The van der Waals surface area contributed by atoms with Crippen molar-refractivity contribution in [2.45, 2.75) is 25.4 Å². The van der Waals surface area contributed by atoms with Gasteiger partial charge in [-0.1, -0.05) is 35.5 Å². The van der Waals surface area contributed by atoms with Crippen molar-refractivity contribution in [1.82, 2.24) is 4.90 Å². The lowest BCUT2D eigenvalue weighted by atomic mass is 9.95. The van der Waals surface area contributed by atoms with Gasteiger partial charge in [0.25, 0.3) is 5.91 Å². The van der Waals surface area contributed by atoms with Crippen molar-refractivity contribution in [3.63, 3.8) is 0 Å². The Morgan fingerprint density at radius 3 is 2.50 bits per heavy atom. The minimum absolute atomic E-state index is 0.0578. The number of benzene rings is 1. The summed E-state index contributed by atoms with van der Waals surface area (Å²) in [4.78, 5) is 30.7. The van der Waals surface area contributed by atoms with E-state index in [0.717, 1.165) is 11.3 Å². The van der Waals surface area contributed by atoms with Crippen LogP contribution in [0.4, 0.5) is 0 Å². The molecule has 2 heterocycles. The minimum Gasteiger partial charge on any atom is -0.382 e. The van der Waals surface area contributed by atoms with Gasteiger partial charge in [-0.25, -0.2) is 0 Å². The summed E-state index contributed by atoms with van der Waals surface area (Å²) >= 11 is 0. The van der Waals surface area contributed by atoms with E-state index in [1.54, 1.807) is 4.90 Å². The largest absolute Gasteiger partial charge is 0.382 e. The zero-order chi connectivity index (χ0) is 15.5. The smallest absolute Gasteiger partial charge is 0.266 e. The minimum atomic E-state index is -0.555. The van der Waals surface area contributed by atoms with Crippen LogP contribution in [0.3, 0.4) is 0 Å². The molecule has 0 unspecified atom stereocenters. The zero-order valence-corrected chi connectivity index (χ0v) is 12.3. The predicted octanol–water partition coefficient (Wildman–Crippen LogP) is 0.903. The first-order chi connectivity index (χ1) is 10.6. The van der Waals surface area contributed by atoms with Crippen LogP contribution >= 0.6 is 0 Å². The van der Waals surface area contributed by atoms with Crippen LogP contribution in [-0.2, 0) is 14.4 Å². The summed E-state index contributed by atoms with van der Waals surface area (Å²) in [7, 11) is 0. The highest BCUT2D eigenvalue weighted by Crippen LogP contribution is 2.22. The zero-order valence-electron chi connectivity index (χ0n) is 12.3. The maximum Gasteiger partial charge on any atom is 0.266 e. The van der Waals surface area contributed by atoms with E-state index in [4.69, 9.17) is 10.6 Å².